The quantitative estimate of drug-likeness (QED) is 0.889. The van der Waals surface area contributed by atoms with Crippen LogP contribution in [0.2, 0.25) is 0 Å². The largest absolute Gasteiger partial charge is 0.345 e. The molecule has 1 aromatic carbocycles. The zero-order valence-electron chi connectivity index (χ0n) is 11.3. The fourth-order valence-corrected chi connectivity index (χ4v) is 3.67. The van der Waals surface area contributed by atoms with E-state index in [1.807, 2.05) is 6.92 Å². The maximum Gasteiger partial charge on any atom is 0.254 e. The van der Waals surface area contributed by atoms with Gasteiger partial charge < -0.3 is 5.32 Å². The van der Waals surface area contributed by atoms with Crippen molar-refractivity contribution in [3.8, 4) is 0 Å². The van der Waals surface area contributed by atoms with Crippen LogP contribution in [-0.4, -0.2) is 5.91 Å². The Labute approximate surface area is 121 Å². The molecule has 0 radical (unpaired) electrons. The van der Waals surface area contributed by atoms with Crippen LogP contribution in [0.4, 0.5) is 4.39 Å². The molecule has 0 aliphatic heterocycles. The summed E-state index contributed by atoms with van der Waals surface area (Å²) in [6, 6.07) is 6.70. The van der Waals surface area contributed by atoms with Gasteiger partial charge in [-0.3, -0.25) is 4.79 Å². The number of carbonyl (C=O) groups excluding carboxylic acids is 1. The molecule has 20 heavy (non-hydrogen) atoms. The third-order valence-electron chi connectivity index (χ3n) is 3.72. The van der Waals surface area contributed by atoms with Gasteiger partial charge in [-0.05, 0) is 55.3 Å². The minimum absolute atomic E-state index is 0.0115. The van der Waals surface area contributed by atoms with E-state index in [1.54, 1.807) is 23.5 Å². The molecule has 1 aliphatic carbocycles. The number of amides is 1. The number of hydrogen-bond donors (Lipinski definition) is 1. The summed E-state index contributed by atoms with van der Waals surface area (Å²) in [6.07, 6.45) is 3.07. The van der Waals surface area contributed by atoms with E-state index in [0.29, 0.717) is 0 Å². The summed E-state index contributed by atoms with van der Waals surface area (Å²) in [5.41, 5.74) is 2.21. The third-order valence-corrected chi connectivity index (χ3v) is 4.72. The molecular weight excluding hydrogens is 273 g/mol. The lowest BCUT2D eigenvalue weighted by Crippen LogP contribution is -2.31. The molecule has 1 aliphatic rings. The number of halogens is 1. The lowest BCUT2D eigenvalue weighted by molar-refractivity contribution is 0.0929. The number of nitrogens with one attached hydrogen (secondary N) is 1. The Kier molecular flexibility index (Phi) is 3.57. The van der Waals surface area contributed by atoms with Crippen LogP contribution in [-0.2, 0) is 6.42 Å². The fraction of sp³-hybridized carbons (Fsp3) is 0.312. The van der Waals surface area contributed by atoms with Gasteiger partial charge in [-0.15, -0.1) is 11.3 Å². The first kappa shape index (κ1) is 13.3. The average Bonchev–Trinajstić information content (AvgIpc) is 2.91. The van der Waals surface area contributed by atoms with Crippen LogP contribution in [0.5, 0.6) is 0 Å². The smallest absolute Gasteiger partial charge is 0.254 e. The maximum absolute atomic E-state index is 13.8. The number of carbonyl (C=O) groups is 1. The second-order valence-corrected chi connectivity index (χ2v) is 6.20. The van der Waals surface area contributed by atoms with E-state index in [1.165, 1.54) is 16.5 Å². The molecule has 1 atom stereocenters. The lowest BCUT2D eigenvalue weighted by Gasteiger charge is -2.23. The summed E-state index contributed by atoms with van der Waals surface area (Å²) in [5, 5.41) is 5.03. The van der Waals surface area contributed by atoms with Gasteiger partial charge in [0.25, 0.3) is 5.91 Å². The standard InChI is InChI=1S/C16H16FNOS/c1-10-5-6-13(17)12(9-10)16(19)18-14-3-2-4-15-11(14)7-8-20-15/h5-9,14H,2-4H2,1H3,(H,18,19). The number of aryl methyl sites for hydroxylation is 2. The average molecular weight is 289 g/mol. The molecule has 0 saturated carbocycles. The van der Waals surface area contributed by atoms with Gasteiger partial charge in [-0.25, -0.2) is 4.39 Å². The highest BCUT2D eigenvalue weighted by Crippen LogP contribution is 2.33. The van der Waals surface area contributed by atoms with Crippen molar-refractivity contribution in [2.45, 2.75) is 32.2 Å². The van der Waals surface area contributed by atoms with Crippen LogP contribution in [0.3, 0.4) is 0 Å². The monoisotopic (exact) mass is 289 g/mol. The summed E-state index contributed by atoms with van der Waals surface area (Å²) >= 11 is 1.73. The number of hydrogen-bond acceptors (Lipinski definition) is 2. The topological polar surface area (TPSA) is 29.1 Å². The molecule has 0 spiro atoms. The van der Waals surface area contributed by atoms with E-state index in [4.69, 9.17) is 0 Å². The van der Waals surface area contributed by atoms with Gasteiger partial charge in [0.2, 0.25) is 0 Å². The maximum atomic E-state index is 13.8. The first-order valence-electron chi connectivity index (χ1n) is 6.78. The van der Waals surface area contributed by atoms with Crippen molar-refractivity contribution < 1.29 is 9.18 Å². The molecule has 104 valence electrons. The predicted octanol–water partition coefficient (Wildman–Crippen LogP) is 4.00. The van der Waals surface area contributed by atoms with Gasteiger partial charge in [0.05, 0.1) is 11.6 Å². The Morgan fingerprint density at radius 1 is 1.40 bits per heavy atom. The first-order chi connectivity index (χ1) is 9.65. The fourth-order valence-electron chi connectivity index (χ4n) is 2.69. The molecule has 0 fully saturated rings. The molecule has 2 aromatic rings. The highest BCUT2D eigenvalue weighted by Gasteiger charge is 2.24. The Hall–Kier alpha value is -1.68. The van der Waals surface area contributed by atoms with E-state index < -0.39 is 5.82 Å². The van der Waals surface area contributed by atoms with Crippen LogP contribution in [0.25, 0.3) is 0 Å². The summed E-state index contributed by atoms with van der Waals surface area (Å²) < 4.78 is 13.8. The minimum Gasteiger partial charge on any atom is -0.345 e. The van der Waals surface area contributed by atoms with Crippen molar-refractivity contribution in [2.75, 3.05) is 0 Å². The summed E-state index contributed by atoms with van der Waals surface area (Å²) in [6.45, 7) is 1.85. The molecule has 1 unspecified atom stereocenters. The zero-order valence-corrected chi connectivity index (χ0v) is 12.1. The zero-order chi connectivity index (χ0) is 14.1. The Morgan fingerprint density at radius 2 is 2.25 bits per heavy atom. The van der Waals surface area contributed by atoms with Crippen LogP contribution in [0.15, 0.2) is 29.6 Å². The number of rotatable bonds is 2. The summed E-state index contributed by atoms with van der Waals surface area (Å²) in [4.78, 5) is 13.6. The van der Waals surface area contributed by atoms with Gasteiger partial charge in [0.1, 0.15) is 5.82 Å². The van der Waals surface area contributed by atoms with Crippen molar-refractivity contribution in [1.29, 1.82) is 0 Å². The minimum atomic E-state index is -0.463. The Morgan fingerprint density at radius 3 is 3.10 bits per heavy atom. The van der Waals surface area contributed by atoms with E-state index >= 15 is 0 Å². The molecule has 4 heteroatoms. The van der Waals surface area contributed by atoms with Crippen LogP contribution < -0.4 is 5.32 Å². The molecule has 1 aromatic heterocycles. The second-order valence-electron chi connectivity index (χ2n) is 5.20. The van der Waals surface area contributed by atoms with Crippen molar-refractivity contribution >= 4 is 17.2 Å². The van der Waals surface area contributed by atoms with E-state index in [-0.39, 0.29) is 17.5 Å². The number of fused-ring (bicyclic) bond motifs is 1. The van der Waals surface area contributed by atoms with Gasteiger partial charge in [-0.1, -0.05) is 11.6 Å². The molecule has 2 nitrogen and oxygen atoms in total. The third kappa shape index (κ3) is 2.48. The summed E-state index contributed by atoms with van der Waals surface area (Å²) in [5.74, 6) is -0.787. The van der Waals surface area contributed by atoms with Gasteiger partial charge in [0, 0.05) is 4.88 Å². The second kappa shape index (κ2) is 5.37. The van der Waals surface area contributed by atoms with Gasteiger partial charge in [-0.2, -0.15) is 0 Å². The van der Waals surface area contributed by atoms with Crippen LogP contribution >= 0.6 is 11.3 Å². The Balaban J connectivity index is 1.82. The molecule has 0 saturated heterocycles. The van der Waals surface area contributed by atoms with Crippen molar-refractivity contribution in [3.63, 3.8) is 0 Å². The molecule has 3 rings (SSSR count). The van der Waals surface area contributed by atoms with Crippen molar-refractivity contribution in [3.05, 3.63) is 57.0 Å². The van der Waals surface area contributed by atoms with Crippen LogP contribution in [0, 0.1) is 12.7 Å². The predicted molar refractivity (Wildman–Crippen MR) is 78.6 cm³/mol. The highest BCUT2D eigenvalue weighted by atomic mass is 32.1. The van der Waals surface area contributed by atoms with Gasteiger partial charge in [0.15, 0.2) is 0 Å². The lowest BCUT2D eigenvalue weighted by atomic mass is 9.93. The number of benzene rings is 1. The normalized spacial score (nSPS) is 17.6. The molecule has 0 bridgehead atoms. The first-order valence-corrected chi connectivity index (χ1v) is 7.66. The highest BCUT2D eigenvalue weighted by molar-refractivity contribution is 7.10. The number of thiophene rings is 1. The van der Waals surface area contributed by atoms with Crippen molar-refractivity contribution in [1.82, 2.24) is 5.32 Å². The van der Waals surface area contributed by atoms with E-state index in [9.17, 15) is 9.18 Å². The van der Waals surface area contributed by atoms with Gasteiger partial charge >= 0.3 is 0 Å². The van der Waals surface area contributed by atoms with E-state index in [0.717, 1.165) is 24.8 Å². The molecule has 1 heterocycles. The van der Waals surface area contributed by atoms with E-state index in [2.05, 4.69) is 16.8 Å². The SMILES string of the molecule is Cc1ccc(F)c(C(=O)NC2CCCc3sccc32)c1. The van der Waals surface area contributed by atoms with Crippen LogP contribution in [0.1, 0.15) is 45.2 Å². The summed E-state index contributed by atoms with van der Waals surface area (Å²) in [7, 11) is 0. The van der Waals surface area contributed by atoms with Crippen molar-refractivity contribution in [2.24, 2.45) is 0 Å². The molecule has 1 N–H and O–H groups in total. The molecular formula is C16H16FNOS. The molecule has 1 amide bonds. The Bertz CT molecular complexity index is 650.